The van der Waals surface area contributed by atoms with Crippen molar-refractivity contribution < 1.29 is 22.6 Å². The van der Waals surface area contributed by atoms with Gasteiger partial charge in [-0.1, -0.05) is 25.5 Å². The number of alkyl halides is 3. The zero-order valence-corrected chi connectivity index (χ0v) is 11.3. The zero-order chi connectivity index (χ0) is 14.6. The molecule has 2 aliphatic heterocycles. The highest BCUT2D eigenvalue weighted by Gasteiger charge is 2.65. The molecule has 1 aromatic carbocycles. The first-order valence-electron chi connectivity index (χ1n) is 6.62. The number of hydrogen-bond donors (Lipinski definition) is 1. The van der Waals surface area contributed by atoms with E-state index in [1.165, 1.54) is 0 Å². The molecule has 2 unspecified atom stereocenters. The maximum atomic E-state index is 13.5. The average Bonchev–Trinajstić information content (AvgIpc) is 3.08. The Kier molecular flexibility index (Phi) is 2.82. The Labute approximate surface area is 115 Å². The zero-order valence-electron chi connectivity index (χ0n) is 11.3. The number of anilines is 1. The monoisotopic (exact) mass is 287 g/mol. The van der Waals surface area contributed by atoms with Crippen LogP contribution >= 0.6 is 0 Å². The van der Waals surface area contributed by atoms with Crippen LogP contribution in [0.1, 0.15) is 31.4 Å². The second-order valence-electron chi connectivity index (χ2n) is 5.43. The van der Waals surface area contributed by atoms with Gasteiger partial charge in [0, 0.05) is 11.3 Å². The van der Waals surface area contributed by atoms with Crippen LogP contribution in [0, 0.1) is 0 Å². The summed E-state index contributed by atoms with van der Waals surface area (Å²) >= 11 is 0. The van der Waals surface area contributed by atoms with Gasteiger partial charge < -0.3 is 14.8 Å². The van der Waals surface area contributed by atoms with Gasteiger partial charge in [-0.2, -0.15) is 13.2 Å². The summed E-state index contributed by atoms with van der Waals surface area (Å²) in [5.41, 5.74) is -0.932. The van der Waals surface area contributed by atoms with E-state index in [4.69, 9.17) is 9.47 Å². The van der Waals surface area contributed by atoms with Crippen LogP contribution in [-0.4, -0.2) is 18.7 Å². The Hall–Kier alpha value is -1.27. The Morgan fingerprint density at radius 2 is 2.05 bits per heavy atom. The molecule has 2 aliphatic rings. The van der Waals surface area contributed by atoms with Gasteiger partial charge >= 0.3 is 6.18 Å². The SMILES string of the molecule is CCCc1ccc2c(c1)C(C)(C(F)(F)F)OC1(CO1)N2. The number of ether oxygens (including phenoxy) is 2. The maximum Gasteiger partial charge on any atom is 0.421 e. The summed E-state index contributed by atoms with van der Waals surface area (Å²) in [6.07, 6.45) is -2.89. The van der Waals surface area contributed by atoms with E-state index in [-0.39, 0.29) is 12.2 Å². The lowest BCUT2D eigenvalue weighted by Gasteiger charge is -2.41. The topological polar surface area (TPSA) is 33.8 Å². The highest BCUT2D eigenvalue weighted by Crippen LogP contribution is 2.53. The summed E-state index contributed by atoms with van der Waals surface area (Å²) in [6.45, 7) is 3.17. The highest BCUT2D eigenvalue weighted by molar-refractivity contribution is 5.59. The molecule has 0 bridgehead atoms. The van der Waals surface area contributed by atoms with E-state index < -0.39 is 17.7 Å². The van der Waals surface area contributed by atoms with E-state index in [0.717, 1.165) is 25.3 Å². The molecule has 0 aliphatic carbocycles. The molecule has 1 N–H and O–H groups in total. The fraction of sp³-hybridized carbons (Fsp3) is 0.571. The normalized spacial score (nSPS) is 31.9. The van der Waals surface area contributed by atoms with E-state index in [2.05, 4.69) is 5.32 Å². The van der Waals surface area contributed by atoms with Gasteiger partial charge in [0.1, 0.15) is 6.61 Å². The van der Waals surface area contributed by atoms with Crippen molar-refractivity contribution in [2.75, 3.05) is 11.9 Å². The lowest BCUT2D eigenvalue weighted by molar-refractivity contribution is -0.307. The predicted octanol–water partition coefficient (Wildman–Crippen LogP) is 3.54. The second kappa shape index (κ2) is 4.11. The van der Waals surface area contributed by atoms with E-state index in [1.54, 1.807) is 12.1 Å². The minimum Gasteiger partial charge on any atom is -0.332 e. The molecule has 0 aromatic heterocycles. The molecule has 6 heteroatoms. The fourth-order valence-corrected chi connectivity index (χ4v) is 2.56. The predicted molar refractivity (Wildman–Crippen MR) is 67.2 cm³/mol. The fourth-order valence-electron chi connectivity index (χ4n) is 2.56. The van der Waals surface area contributed by atoms with Crippen molar-refractivity contribution in [1.29, 1.82) is 0 Å². The van der Waals surface area contributed by atoms with Crippen LogP contribution in [0.15, 0.2) is 18.2 Å². The minimum absolute atomic E-state index is 0.120. The Bertz CT molecular complexity index is 540. The van der Waals surface area contributed by atoms with E-state index >= 15 is 0 Å². The molecule has 0 amide bonds. The summed E-state index contributed by atoms with van der Waals surface area (Å²) in [4.78, 5) is 0. The lowest BCUT2D eigenvalue weighted by Crippen LogP contribution is -2.51. The minimum atomic E-state index is -4.51. The van der Waals surface area contributed by atoms with Crippen molar-refractivity contribution >= 4 is 5.69 Å². The number of hydrogen-bond acceptors (Lipinski definition) is 3. The van der Waals surface area contributed by atoms with Gasteiger partial charge in [-0.3, -0.25) is 0 Å². The molecule has 0 radical (unpaired) electrons. The van der Waals surface area contributed by atoms with Crippen LogP contribution in [0.3, 0.4) is 0 Å². The molecule has 3 nitrogen and oxygen atoms in total. The van der Waals surface area contributed by atoms with Crippen molar-refractivity contribution in [3.8, 4) is 0 Å². The van der Waals surface area contributed by atoms with Crippen molar-refractivity contribution in [3.63, 3.8) is 0 Å². The number of rotatable bonds is 2. The summed E-state index contributed by atoms with van der Waals surface area (Å²) in [5, 5.41) is 2.90. The quantitative estimate of drug-likeness (QED) is 0.845. The van der Waals surface area contributed by atoms with Crippen LogP contribution in [0.25, 0.3) is 0 Å². The van der Waals surface area contributed by atoms with Crippen molar-refractivity contribution in [2.24, 2.45) is 0 Å². The smallest absolute Gasteiger partial charge is 0.332 e. The first-order valence-corrected chi connectivity index (χ1v) is 6.62. The molecule has 110 valence electrons. The third-order valence-electron chi connectivity index (χ3n) is 3.78. The molecule has 1 saturated heterocycles. The molecule has 1 spiro atoms. The Balaban J connectivity index is 2.10. The molecular weight excluding hydrogens is 271 g/mol. The van der Waals surface area contributed by atoms with Gasteiger partial charge in [-0.05, 0) is 25.0 Å². The van der Waals surface area contributed by atoms with Gasteiger partial charge in [0.15, 0.2) is 5.60 Å². The molecule has 2 atom stereocenters. The largest absolute Gasteiger partial charge is 0.421 e. The van der Waals surface area contributed by atoms with Crippen molar-refractivity contribution in [1.82, 2.24) is 0 Å². The van der Waals surface area contributed by atoms with E-state index in [1.807, 2.05) is 13.0 Å². The molecular formula is C14H16F3NO2. The average molecular weight is 287 g/mol. The van der Waals surface area contributed by atoms with Gasteiger partial charge in [0.05, 0.1) is 0 Å². The third kappa shape index (κ3) is 1.98. The van der Waals surface area contributed by atoms with Crippen LogP contribution in [0.5, 0.6) is 0 Å². The molecule has 0 saturated carbocycles. The molecule has 1 fully saturated rings. The maximum absolute atomic E-state index is 13.5. The number of fused-ring (bicyclic) bond motifs is 1. The standard InChI is InChI=1S/C14H16F3NO2/c1-3-4-9-5-6-11-10(7-9)12(2,14(15,16)17)20-13(18-11)8-19-13/h5-7,18H,3-4,8H2,1-2H3. The number of benzene rings is 1. The molecule has 1 aromatic rings. The van der Waals surface area contributed by atoms with Crippen LogP contribution in [0.2, 0.25) is 0 Å². The summed E-state index contributed by atoms with van der Waals surface area (Å²) < 4.78 is 50.7. The number of epoxide rings is 1. The van der Waals surface area contributed by atoms with Gasteiger partial charge in [0.25, 0.3) is 5.91 Å². The van der Waals surface area contributed by atoms with Crippen molar-refractivity contribution in [3.05, 3.63) is 29.3 Å². The van der Waals surface area contributed by atoms with E-state index in [0.29, 0.717) is 5.69 Å². The van der Waals surface area contributed by atoms with Crippen LogP contribution in [-0.2, 0) is 21.5 Å². The van der Waals surface area contributed by atoms with Gasteiger partial charge in [-0.15, -0.1) is 0 Å². The second-order valence-corrected chi connectivity index (χ2v) is 5.43. The Morgan fingerprint density at radius 1 is 1.35 bits per heavy atom. The highest BCUT2D eigenvalue weighted by atomic mass is 19.4. The van der Waals surface area contributed by atoms with Crippen LogP contribution < -0.4 is 5.32 Å². The summed E-state index contributed by atoms with van der Waals surface area (Å²) in [7, 11) is 0. The first-order chi connectivity index (χ1) is 9.30. The van der Waals surface area contributed by atoms with E-state index in [9.17, 15) is 13.2 Å². The molecule has 20 heavy (non-hydrogen) atoms. The molecule has 2 heterocycles. The number of nitrogens with one attached hydrogen (secondary N) is 1. The van der Waals surface area contributed by atoms with Crippen molar-refractivity contribution in [2.45, 2.75) is 44.4 Å². The first kappa shape index (κ1) is 13.7. The lowest BCUT2D eigenvalue weighted by atomic mass is 9.89. The molecule has 3 rings (SSSR count). The van der Waals surface area contributed by atoms with Gasteiger partial charge in [-0.25, -0.2) is 0 Å². The number of halogens is 3. The Morgan fingerprint density at radius 3 is 2.60 bits per heavy atom. The van der Waals surface area contributed by atoms with Gasteiger partial charge in [0.2, 0.25) is 0 Å². The van der Waals surface area contributed by atoms with Crippen LogP contribution in [0.4, 0.5) is 18.9 Å². The summed E-state index contributed by atoms with van der Waals surface area (Å²) in [5.74, 6) is -1.32. The number of aryl methyl sites for hydroxylation is 1. The third-order valence-corrected chi connectivity index (χ3v) is 3.78. The summed E-state index contributed by atoms with van der Waals surface area (Å²) in [6, 6.07) is 5.10.